The van der Waals surface area contributed by atoms with Crippen molar-refractivity contribution in [3.63, 3.8) is 0 Å². The van der Waals surface area contributed by atoms with Gasteiger partial charge in [0.15, 0.2) is 6.29 Å². The molecule has 0 amide bonds. The van der Waals surface area contributed by atoms with E-state index in [2.05, 4.69) is 0 Å². The normalized spacial score (nSPS) is 16.7. The number of hydrogen-bond acceptors (Lipinski definition) is 9. The molecule has 0 aromatic carbocycles. The lowest BCUT2D eigenvalue weighted by Gasteiger charge is -2.22. The maximum atomic E-state index is 5.59. The second kappa shape index (κ2) is 24.6. The van der Waals surface area contributed by atoms with Gasteiger partial charge in [0.1, 0.15) is 0 Å². The summed E-state index contributed by atoms with van der Waals surface area (Å²) in [4.78, 5) is 0. The van der Waals surface area contributed by atoms with Gasteiger partial charge < -0.3 is 42.6 Å². The number of rotatable bonds is 24. The van der Waals surface area contributed by atoms with Gasteiger partial charge in [0.05, 0.1) is 99.1 Å². The third kappa shape index (κ3) is 21.5. The summed E-state index contributed by atoms with van der Waals surface area (Å²) < 4.78 is 48.8. The van der Waals surface area contributed by atoms with Gasteiger partial charge >= 0.3 is 0 Å². The van der Waals surface area contributed by atoms with Crippen LogP contribution in [0.3, 0.4) is 0 Å². The van der Waals surface area contributed by atoms with Crippen LogP contribution in [0.5, 0.6) is 0 Å². The van der Waals surface area contributed by atoms with E-state index >= 15 is 0 Å². The second-order valence-corrected chi connectivity index (χ2v) is 7.02. The first-order chi connectivity index (χ1) is 15.4. The molecular formula is C21H41ClO9. The Morgan fingerprint density at radius 1 is 0.516 bits per heavy atom. The molecule has 1 unspecified atom stereocenters. The molecule has 10 heteroatoms. The van der Waals surface area contributed by atoms with Gasteiger partial charge in [-0.3, -0.25) is 0 Å². The molecular weight excluding hydrogens is 432 g/mol. The fraction of sp³-hybridized carbons (Fsp3) is 1.00. The van der Waals surface area contributed by atoms with Gasteiger partial charge in [0.25, 0.3) is 0 Å². The Morgan fingerprint density at radius 2 is 0.903 bits per heavy atom. The predicted octanol–water partition coefficient (Wildman–Crippen LogP) is 1.88. The van der Waals surface area contributed by atoms with Crippen LogP contribution in [-0.4, -0.2) is 118 Å². The molecule has 9 nitrogen and oxygen atoms in total. The SMILES string of the molecule is ClCCOCCOCCOCCOCCOCCOCCOCCOC1CCCCO1. The van der Waals surface area contributed by atoms with Crippen LogP contribution in [0.1, 0.15) is 19.3 Å². The maximum absolute atomic E-state index is 5.59. The van der Waals surface area contributed by atoms with Crippen LogP contribution in [0, 0.1) is 0 Å². The van der Waals surface area contributed by atoms with Crippen molar-refractivity contribution >= 4 is 11.6 Å². The van der Waals surface area contributed by atoms with E-state index in [4.69, 9.17) is 54.2 Å². The quantitative estimate of drug-likeness (QED) is 0.154. The number of ether oxygens (including phenoxy) is 9. The molecule has 31 heavy (non-hydrogen) atoms. The van der Waals surface area contributed by atoms with Gasteiger partial charge in [-0.15, -0.1) is 11.6 Å². The first-order valence-electron chi connectivity index (χ1n) is 11.3. The number of alkyl halides is 1. The number of hydrogen-bond donors (Lipinski definition) is 0. The van der Waals surface area contributed by atoms with E-state index in [0.717, 1.165) is 19.4 Å². The zero-order chi connectivity index (χ0) is 22.1. The number of halogens is 1. The molecule has 0 saturated carbocycles. The first-order valence-corrected chi connectivity index (χ1v) is 11.8. The zero-order valence-electron chi connectivity index (χ0n) is 18.8. The third-order valence-electron chi connectivity index (χ3n) is 4.12. The molecule has 0 bridgehead atoms. The molecule has 1 saturated heterocycles. The lowest BCUT2D eigenvalue weighted by atomic mass is 10.2. The smallest absolute Gasteiger partial charge is 0.157 e. The molecule has 0 aromatic heterocycles. The topological polar surface area (TPSA) is 83.1 Å². The van der Waals surface area contributed by atoms with Crippen LogP contribution >= 0.6 is 11.6 Å². The highest BCUT2D eigenvalue weighted by Crippen LogP contribution is 2.13. The van der Waals surface area contributed by atoms with Gasteiger partial charge in [-0.1, -0.05) is 0 Å². The Labute approximate surface area is 191 Å². The Hall–Kier alpha value is -0.0700. The van der Waals surface area contributed by atoms with Crippen LogP contribution in [0.2, 0.25) is 0 Å². The third-order valence-corrected chi connectivity index (χ3v) is 4.28. The van der Waals surface area contributed by atoms with E-state index in [-0.39, 0.29) is 6.29 Å². The molecule has 1 fully saturated rings. The Morgan fingerprint density at radius 3 is 1.26 bits per heavy atom. The monoisotopic (exact) mass is 472 g/mol. The second-order valence-electron chi connectivity index (χ2n) is 6.64. The zero-order valence-corrected chi connectivity index (χ0v) is 19.5. The van der Waals surface area contributed by atoms with Crippen molar-refractivity contribution in [3.05, 3.63) is 0 Å². The molecule has 0 aromatic rings. The summed E-state index contributed by atoms with van der Waals surface area (Å²) in [6.45, 7) is 8.95. The molecule has 186 valence electrons. The summed E-state index contributed by atoms with van der Waals surface area (Å²) in [7, 11) is 0. The van der Waals surface area contributed by atoms with Gasteiger partial charge in [0.2, 0.25) is 0 Å². The van der Waals surface area contributed by atoms with Gasteiger partial charge in [-0.25, -0.2) is 0 Å². The highest BCUT2D eigenvalue weighted by atomic mass is 35.5. The average Bonchev–Trinajstić information content (AvgIpc) is 2.80. The van der Waals surface area contributed by atoms with Gasteiger partial charge in [-0.2, -0.15) is 0 Å². The average molecular weight is 473 g/mol. The fourth-order valence-corrected chi connectivity index (χ4v) is 2.67. The molecule has 1 atom stereocenters. The van der Waals surface area contributed by atoms with Crippen LogP contribution in [0.25, 0.3) is 0 Å². The summed E-state index contributed by atoms with van der Waals surface area (Å²) in [5, 5.41) is 0. The van der Waals surface area contributed by atoms with Crippen LogP contribution in [0.4, 0.5) is 0 Å². The van der Waals surface area contributed by atoms with E-state index in [1.165, 1.54) is 6.42 Å². The predicted molar refractivity (Wildman–Crippen MR) is 116 cm³/mol. The van der Waals surface area contributed by atoms with Gasteiger partial charge in [0, 0.05) is 12.5 Å². The molecule has 0 spiro atoms. The van der Waals surface area contributed by atoms with E-state index in [1.807, 2.05) is 0 Å². The minimum atomic E-state index is -0.0562. The summed E-state index contributed by atoms with van der Waals surface area (Å²) in [6, 6.07) is 0. The van der Waals surface area contributed by atoms with E-state index < -0.39 is 0 Å². The summed E-state index contributed by atoms with van der Waals surface area (Å²) >= 11 is 5.49. The standard InChI is InChI=1S/C21H41ClO9/c22-4-6-23-7-8-24-9-10-25-11-12-26-13-14-27-15-16-28-17-18-29-19-20-31-21-3-1-2-5-30-21/h21H,1-20H2. The molecule has 1 rings (SSSR count). The first kappa shape index (κ1) is 29.0. The van der Waals surface area contributed by atoms with Crippen molar-refractivity contribution in [1.29, 1.82) is 0 Å². The van der Waals surface area contributed by atoms with E-state index in [1.54, 1.807) is 0 Å². The summed E-state index contributed by atoms with van der Waals surface area (Å²) in [5.41, 5.74) is 0. The largest absolute Gasteiger partial charge is 0.378 e. The lowest BCUT2D eigenvalue weighted by Crippen LogP contribution is -2.24. The molecule has 0 N–H and O–H groups in total. The minimum Gasteiger partial charge on any atom is -0.378 e. The summed E-state index contributed by atoms with van der Waals surface area (Å²) in [5.74, 6) is 0.505. The fourth-order valence-electron chi connectivity index (χ4n) is 2.56. The molecule has 1 heterocycles. The van der Waals surface area contributed by atoms with Gasteiger partial charge in [-0.05, 0) is 19.3 Å². The van der Waals surface area contributed by atoms with Crippen LogP contribution in [-0.2, 0) is 42.6 Å². The minimum absolute atomic E-state index is 0.0562. The Bertz CT molecular complexity index is 347. The summed E-state index contributed by atoms with van der Waals surface area (Å²) in [6.07, 6.45) is 3.22. The van der Waals surface area contributed by atoms with Crippen molar-refractivity contribution in [3.8, 4) is 0 Å². The molecule has 0 radical (unpaired) electrons. The van der Waals surface area contributed by atoms with E-state index in [9.17, 15) is 0 Å². The highest BCUT2D eigenvalue weighted by Gasteiger charge is 2.13. The highest BCUT2D eigenvalue weighted by molar-refractivity contribution is 6.17. The Kier molecular flexibility index (Phi) is 23.0. The molecule has 0 aliphatic carbocycles. The lowest BCUT2D eigenvalue weighted by molar-refractivity contribution is -0.169. The van der Waals surface area contributed by atoms with Crippen molar-refractivity contribution in [2.24, 2.45) is 0 Å². The van der Waals surface area contributed by atoms with Crippen molar-refractivity contribution in [2.45, 2.75) is 25.6 Å². The Balaban J connectivity index is 1.62. The van der Waals surface area contributed by atoms with Crippen molar-refractivity contribution in [1.82, 2.24) is 0 Å². The maximum Gasteiger partial charge on any atom is 0.157 e. The van der Waals surface area contributed by atoms with Crippen LogP contribution < -0.4 is 0 Å². The van der Waals surface area contributed by atoms with E-state index in [0.29, 0.717) is 105 Å². The van der Waals surface area contributed by atoms with Crippen molar-refractivity contribution in [2.75, 3.05) is 112 Å². The molecule has 1 aliphatic heterocycles. The molecule has 1 aliphatic rings. The van der Waals surface area contributed by atoms with Crippen molar-refractivity contribution < 1.29 is 42.6 Å². The van der Waals surface area contributed by atoms with Crippen LogP contribution in [0.15, 0.2) is 0 Å².